The van der Waals surface area contributed by atoms with Crippen LogP contribution in [0.25, 0.3) is 0 Å². The molecule has 0 aliphatic carbocycles. The summed E-state index contributed by atoms with van der Waals surface area (Å²) < 4.78 is 5.14. The molecular formula is C16H34IN5O3. The third kappa shape index (κ3) is 17.4. The first-order valence-corrected chi connectivity index (χ1v) is 8.23. The van der Waals surface area contributed by atoms with Gasteiger partial charge in [0.1, 0.15) is 12.1 Å². The lowest BCUT2D eigenvalue weighted by atomic mass is 10.1. The van der Waals surface area contributed by atoms with Crippen molar-refractivity contribution in [2.75, 3.05) is 26.2 Å². The number of halogens is 1. The van der Waals surface area contributed by atoms with Crippen molar-refractivity contribution in [1.82, 2.24) is 21.3 Å². The van der Waals surface area contributed by atoms with Crippen molar-refractivity contribution in [2.45, 2.75) is 59.6 Å². The highest BCUT2D eigenvalue weighted by Crippen LogP contribution is 2.05. The quantitative estimate of drug-likeness (QED) is 0.204. The molecule has 0 aromatic heterocycles. The van der Waals surface area contributed by atoms with E-state index in [0.29, 0.717) is 25.6 Å². The van der Waals surface area contributed by atoms with Crippen LogP contribution < -0.4 is 21.3 Å². The number of nitrogens with one attached hydrogen (secondary N) is 4. The minimum atomic E-state index is -0.520. The lowest BCUT2D eigenvalue weighted by Crippen LogP contribution is -2.44. The first-order chi connectivity index (χ1) is 10.9. The summed E-state index contributed by atoms with van der Waals surface area (Å²) in [5.41, 5.74) is -0.802. The molecule has 0 saturated carbocycles. The van der Waals surface area contributed by atoms with E-state index in [9.17, 15) is 9.59 Å². The van der Waals surface area contributed by atoms with Crippen LogP contribution >= 0.6 is 24.0 Å². The SMILES string of the molecule is CCNC(=NCC(=O)NC(C)(C)C)NCCNC(=O)OC(C)(C)C.I. The number of aliphatic imine (C=N–C) groups is 1. The van der Waals surface area contributed by atoms with Gasteiger partial charge in [-0.15, -0.1) is 24.0 Å². The summed E-state index contributed by atoms with van der Waals surface area (Å²) in [6, 6.07) is 0. The number of alkyl carbamates (subject to hydrolysis) is 1. The van der Waals surface area contributed by atoms with Gasteiger partial charge in [-0.1, -0.05) is 0 Å². The zero-order chi connectivity index (χ0) is 18.8. The van der Waals surface area contributed by atoms with Gasteiger partial charge in [0.25, 0.3) is 0 Å². The summed E-state index contributed by atoms with van der Waals surface area (Å²) in [6.45, 7) is 14.7. The first-order valence-electron chi connectivity index (χ1n) is 8.23. The second kappa shape index (κ2) is 12.2. The van der Waals surface area contributed by atoms with E-state index in [0.717, 1.165) is 0 Å². The predicted octanol–water partition coefficient (Wildman–Crippen LogP) is 1.60. The van der Waals surface area contributed by atoms with Crippen molar-refractivity contribution in [3.8, 4) is 0 Å². The summed E-state index contributed by atoms with van der Waals surface area (Å²) in [6.07, 6.45) is -0.462. The molecule has 0 spiro atoms. The van der Waals surface area contributed by atoms with E-state index >= 15 is 0 Å². The molecule has 0 atom stereocenters. The van der Waals surface area contributed by atoms with E-state index in [-0.39, 0.29) is 42.0 Å². The van der Waals surface area contributed by atoms with Crippen molar-refractivity contribution in [1.29, 1.82) is 0 Å². The zero-order valence-corrected chi connectivity index (χ0v) is 18.7. The Balaban J connectivity index is 0. The lowest BCUT2D eigenvalue weighted by Gasteiger charge is -2.20. The molecule has 2 amide bonds. The van der Waals surface area contributed by atoms with Gasteiger partial charge in [-0.05, 0) is 48.5 Å². The van der Waals surface area contributed by atoms with Gasteiger partial charge in [-0.25, -0.2) is 9.79 Å². The normalized spacial score (nSPS) is 11.9. The van der Waals surface area contributed by atoms with Crippen LogP contribution in [0.15, 0.2) is 4.99 Å². The Hall–Kier alpha value is -1.26. The number of guanidine groups is 1. The Bertz CT molecular complexity index is 442. The van der Waals surface area contributed by atoms with E-state index in [4.69, 9.17) is 4.74 Å². The fourth-order valence-electron chi connectivity index (χ4n) is 1.61. The highest BCUT2D eigenvalue weighted by molar-refractivity contribution is 14.0. The molecule has 0 rings (SSSR count). The van der Waals surface area contributed by atoms with E-state index in [1.165, 1.54) is 0 Å². The first kappa shape index (κ1) is 26.0. The van der Waals surface area contributed by atoms with Crippen LogP contribution in [0.5, 0.6) is 0 Å². The molecule has 8 nitrogen and oxygen atoms in total. The molecular weight excluding hydrogens is 437 g/mol. The largest absolute Gasteiger partial charge is 0.444 e. The number of carbonyl (C=O) groups excluding carboxylic acids is 2. The molecule has 0 saturated heterocycles. The van der Waals surface area contributed by atoms with Crippen LogP contribution in [0.1, 0.15) is 48.5 Å². The number of nitrogens with zero attached hydrogens (tertiary/aromatic N) is 1. The number of carbonyl (C=O) groups is 2. The Morgan fingerprint density at radius 3 is 2.00 bits per heavy atom. The van der Waals surface area contributed by atoms with Crippen molar-refractivity contribution in [3.63, 3.8) is 0 Å². The molecule has 0 aliphatic rings. The van der Waals surface area contributed by atoms with Gasteiger partial charge in [0.2, 0.25) is 5.91 Å². The van der Waals surface area contributed by atoms with Crippen molar-refractivity contribution < 1.29 is 14.3 Å². The predicted molar refractivity (Wildman–Crippen MR) is 112 cm³/mol. The Morgan fingerprint density at radius 1 is 0.960 bits per heavy atom. The number of hydrogen-bond acceptors (Lipinski definition) is 4. The summed E-state index contributed by atoms with van der Waals surface area (Å²) in [5.74, 6) is 0.374. The molecule has 0 radical (unpaired) electrons. The molecule has 0 unspecified atom stereocenters. The molecule has 0 aromatic rings. The Kier molecular flexibility index (Phi) is 12.6. The van der Waals surface area contributed by atoms with Crippen LogP contribution in [0.4, 0.5) is 4.79 Å². The third-order valence-corrected chi connectivity index (χ3v) is 2.33. The van der Waals surface area contributed by atoms with Gasteiger partial charge in [0.05, 0.1) is 0 Å². The second-order valence-corrected chi connectivity index (χ2v) is 7.35. The number of rotatable bonds is 6. The maximum atomic E-state index is 11.8. The average Bonchev–Trinajstić information content (AvgIpc) is 2.36. The summed E-state index contributed by atoms with van der Waals surface area (Å²) in [5, 5.41) is 11.6. The highest BCUT2D eigenvalue weighted by Gasteiger charge is 2.15. The number of amides is 2. The fourth-order valence-corrected chi connectivity index (χ4v) is 1.61. The molecule has 0 fully saturated rings. The van der Waals surface area contributed by atoms with Crippen molar-refractivity contribution in [2.24, 2.45) is 4.99 Å². The number of ether oxygens (including phenoxy) is 1. The highest BCUT2D eigenvalue weighted by atomic mass is 127. The van der Waals surface area contributed by atoms with Crippen LogP contribution in [-0.4, -0.2) is 55.3 Å². The summed E-state index contributed by atoms with van der Waals surface area (Å²) >= 11 is 0. The van der Waals surface area contributed by atoms with Crippen molar-refractivity contribution in [3.05, 3.63) is 0 Å². The smallest absolute Gasteiger partial charge is 0.407 e. The molecule has 9 heteroatoms. The van der Waals surface area contributed by atoms with Gasteiger partial charge < -0.3 is 26.0 Å². The van der Waals surface area contributed by atoms with Crippen LogP contribution in [0, 0.1) is 0 Å². The molecule has 25 heavy (non-hydrogen) atoms. The fraction of sp³-hybridized carbons (Fsp3) is 0.812. The van der Waals surface area contributed by atoms with Gasteiger partial charge >= 0.3 is 6.09 Å². The summed E-state index contributed by atoms with van der Waals surface area (Å²) in [4.78, 5) is 27.5. The van der Waals surface area contributed by atoms with Crippen LogP contribution in [-0.2, 0) is 9.53 Å². The van der Waals surface area contributed by atoms with E-state index < -0.39 is 11.7 Å². The standard InChI is InChI=1S/C16H33N5O3.HI/c1-8-17-13(20-11-12(22)21-15(2,3)4)18-9-10-19-14(23)24-16(5,6)7;/h8-11H2,1-7H3,(H,19,23)(H,21,22)(H2,17,18,20);1H. The van der Waals surface area contributed by atoms with Crippen molar-refractivity contribution >= 4 is 41.9 Å². The molecule has 4 N–H and O–H groups in total. The van der Waals surface area contributed by atoms with Gasteiger partial charge in [-0.3, -0.25) is 4.79 Å². The molecule has 148 valence electrons. The lowest BCUT2D eigenvalue weighted by molar-refractivity contribution is -0.121. The maximum Gasteiger partial charge on any atom is 0.407 e. The number of hydrogen-bond donors (Lipinski definition) is 4. The third-order valence-electron chi connectivity index (χ3n) is 2.33. The minimum absolute atomic E-state index is 0. The van der Waals surface area contributed by atoms with Gasteiger partial charge in [0.15, 0.2) is 5.96 Å². The Morgan fingerprint density at radius 2 is 1.52 bits per heavy atom. The monoisotopic (exact) mass is 471 g/mol. The van der Waals surface area contributed by atoms with Crippen LogP contribution in [0.3, 0.4) is 0 Å². The molecule has 0 heterocycles. The van der Waals surface area contributed by atoms with E-state index in [2.05, 4.69) is 26.3 Å². The maximum absolute atomic E-state index is 11.8. The zero-order valence-electron chi connectivity index (χ0n) is 16.4. The molecule has 0 aliphatic heterocycles. The average molecular weight is 471 g/mol. The molecule has 0 bridgehead atoms. The minimum Gasteiger partial charge on any atom is -0.444 e. The molecule has 0 aromatic carbocycles. The van der Waals surface area contributed by atoms with E-state index in [1.807, 2.05) is 48.5 Å². The van der Waals surface area contributed by atoms with Crippen LogP contribution in [0.2, 0.25) is 0 Å². The van der Waals surface area contributed by atoms with E-state index in [1.54, 1.807) is 0 Å². The summed E-state index contributed by atoms with van der Waals surface area (Å²) in [7, 11) is 0. The van der Waals surface area contributed by atoms with Gasteiger partial charge in [0, 0.05) is 25.2 Å². The topological polar surface area (TPSA) is 104 Å². The van der Waals surface area contributed by atoms with Gasteiger partial charge in [-0.2, -0.15) is 0 Å². The Labute approximate surface area is 168 Å². The second-order valence-electron chi connectivity index (χ2n) is 7.35.